The Kier molecular flexibility index (Phi) is 7.24. The summed E-state index contributed by atoms with van der Waals surface area (Å²) in [4.78, 5) is 15.6. The summed E-state index contributed by atoms with van der Waals surface area (Å²) in [6.07, 6.45) is 0. The van der Waals surface area contributed by atoms with E-state index in [1.807, 2.05) is 18.2 Å². The molecule has 0 radical (unpaired) electrons. The Balaban J connectivity index is 1.27. The van der Waals surface area contributed by atoms with Crippen LogP contribution in [0.1, 0.15) is 48.6 Å². The molecule has 0 atom stereocenters. The smallest absolute Gasteiger partial charge is 0.238 e. The largest absolute Gasteiger partial charge is 0.278 e. The molecule has 0 saturated heterocycles. The molecule has 0 bridgehead atoms. The number of para-hydroxylation sites is 1. The Hall–Kier alpha value is -6.65. The maximum atomic E-state index is 5.28. The Labute approximate surface area is 315 Å². The minimum absolute atomic E-state index is 0.0378. The van der Waals surface area contributed by atoms with E-state index in [1.165, 1.54) is 38.9 Å². The van der Waals surface area contributed by atoms with Crippen LogP contribution in [0.5, 0.6) is 0 Å². The van der Waals surface area contributed by atoms with Crippen LogP contribution in [0.3, 0.4) is 0 Å². The monoisotopic (exact) mass is 694 g/mol. The normalized spacial score (nSPS) is 13.2. The van der Waals surface area contributed by atoms with E-state index in [0.29, 0.717) is 17.6 Å². The molecule has 258 valence electrons. The molecule has 54 heavy (non-hydrogen) atoms. The topological polar surface area (TPSA) is 43.6 Å². The standard InChI is InChI=1S/C50H38N4/c1-49(2,3)35-28-26-34(27-29-35)47-51-46(33-16-6-4-7-17-33)52-48(53-47)54-44-25-15-12-22-40(44)41-31-30-37(32-45(41)54)50(36-18-8-5-9-19-36)42-23-13-10-20-38(42)39-21-11-14-24-43(39)50/h4-32H,1-3H3. The van der Waals surface area contributed by atoms with Gasteiger partial charge in [-0.25, -0.2) is 4.98 Å². The van der Waals surface area contributed by atoms with Crippen LogP contribution in [-0.2, 0) is 10.8 Å². The second-order valence-corrected chi connectivity index (χ2v) is 15.3. The number of hydrogen-bond acceptors (Lipinski definition) is 3. The van der Waals surface area contributed by atoms with Gasteiger partial charge < -0.3 is 0 Å². The van der Waals surface area contributed by atoms with Crippen LogP contribution in [0.4, 0.5) is 0 Å². The van der Waals surface area contributed by atoms with Crippen molar-refractivity contribution in [1.29, 1.82) is 0 Å². The summed E-state index contributed by atoms with van der Waals surface area (Å²) in [5.74, 6) is 1.86. The average Bonchev–Trinajstić information content (AvgIpc) is 3.72. The van der Waals surface area contributed by atoms with E-state index in [2.05, 4.69) is 183 Å². The number of rotatable bonds is 5. The fourth-order valence-corrected chi connectivity index (χ4v) is 8.56. The van der Waals surface area contributed by atoms with Gasteiger partial charge >= 0.3 is 0 Å². The van der Waals surface area contributed by atoms with Gasteiger partial charge in [0, 0.05) is 21.9 Å². The van der Waals surface area contributed by atoms with Crippen LogP contribution in [0.25, 0.3) is 61.7 Å². The minimum atomic E-state index is -0.530. The van der Waals surface area contributed by atoms with Crippen molar-refractivity contribution in [3.05, 3.63) is 204 Å². The zero-order chi connectivity index (χ0) is 36.4. The zero-order valence-electron chi connectivity index (χ0n) is 30.5. The molecule has 0 unspecified atom stereocenters. The van der Waals surface area contributed by atoms with Crippen LogP contribution < -0.4 is 0 Å². The van der Waals surface area contributed by atoms with E-state index in [0.717, 1.165) is 32.9 Å². The lowest BCUT2D eigenvalue weighted by Gasteiger charge is -2.34. The first kappa shape index (κ1) is 32.0. The van der Waals surface area contributed by atoms with Crippen molar-refractivity contribution in [2.45, 2.75) is 31.6 Å². The van der Waals surface area contributed by atoms with Crippen molar-refractivity contribution >= 4 is 21.8 Å². The first-order valence-electron chi connectivity index (χ1n) is 18.6. The van der Waals surface area contributed by atoms with Crippen molar-refractivity contribution in [3.63, 3.8) is 0 Å². The molecule has 9 aromatic rings. The highest BCUT2D eigenvalue weighted by molar-refractivity contribution is 6.09. The molecular weight excluding hydrogens is 657 g/mol. The lowest BCUT2D eigenvalue weighted by atomic mass is 9.67. The lowest BCUT2D eigenvalue weighted by Crippen LogP contribution is -2.28. The Bertz CT molecular complexity index is 2800. The van der Waals surface area contributed by atoms with Gasteiger partial charge in [0.25, 0.3) is 0 Å². The fraction of sp³-hybridized carbons (Fsp3) is 0.100. The SMILES string of the molecule is CC(C)(C)c1ccc(-c2nc(-c3ccccc3)nc(-n3c4ccccc4c4ccc(C5(c6ccccc6)c6ccccc6-c6ccccc65)cc43)n2)cc1. The summed E-state index contributed by atoms with van der Waals surface area (Å²) in [7, 11) is 0. The number of benzene rings is 7. The van der Waals surface area contributed by atoms with Crippen molar-refractivity contribution in [2.24, 2.45) is 0 Å². The van der Waals surface area contributed by atoms with Crippen LogP contribution in [0.15, 0.2) is 176 Å². The quantitative estimate of drug-likeness (QED) is 0.180. The molecule has 7 aromatic carbocycles. The Morgan fingerprint density at radius 2 is 0.981 bits per heavy atom. The van der Waals surface area contributed by atoms with E-state index in [1.54, 1.807) is 0 Å². The maximum Gasteiger partial charge on any atom is 0.238 e. The number of nitrogens with zero attached hydrogens (tertiary/aromatic N) is 4. The van der Waals surface area contributed by atoms with Gasteiger partial charge in [-0.2, -0.15) is 9.97 Å². The summed E-state index contributed by atoms with van der Waals surface area (Å²) < 4.78 is 2.24. The molecule has 0 spiro atoms. The summed E-state index contributed by atoms with van der Waals surface area (Å²) in [6, 6.07) is 63.2. The summed E-state index contributed by atoms with van der Waals surface area (Å²) in [5, 5.41) is 2.30. The van der Waals surface area contributed by atoms with Gasteiger partial charge in [-0.3, -0.25) is 4.57 Å². The molecule has 0 aliphatic heterocycles. The van der Waals surface area contributed by atoms with Gasteiger partial charge in [-0.1, -0.05) is 185 Å². The molecule has 2 heterocycles. The molecule has 1 aliphatic carbocycles. The van der Waals surface area contributed by atoms with Crippen molar-refractivity contribution in [3.8, 4) is 39.9 Å². The van der Waals surface area contributed by atoms with E-state index in [9.17, 15) is 0 Å². The molecule has 0 saturated carbocycles. The van der Waals surface area contributed by atoms with Crippen LogP contribution in [0, 0.1) is 0 Å². The van der Waals surface area contributed by atoms with Gasteiger partial charge in [-0.05, 0) is 56.5 Å². The summed E-state index contributed by atoms with van der Waals surface area (Å²) in [5.41, 5.74) is 12.3. The van der Waals surface area contributed by atoms with Gasteiger partial charge in [0.05, 0.1) is 16.4 Å². The highest BCUT2D eigenvalue weighted by atomic mass is 15.2. The predicted molar refractivity (Wildman–Crippen MR) is 221 cm³/mol. The molecule has 0 N–H and O–H groups in total. The Morgan fingerprint density at radius 1 is 0.444 bits per heavy atom. The van der Waals surface area contributed by atoms with Crippen molar-refractivity contribution < 1.29 is 0 Å². The third-order valence-corrected chi connectivity index (χ3v) is 11.1. The van der Waals surface area contributed by atoms with Gasteiger partial charge in [0.15, 0.2) is 11.6 Å². The van der Waals surface area contributed by atoms with E-state index in [-0.39, 0.29) is 5.41 Å². The number of hydrogen-bond donors (Lipinski definition) is 0. The second kappa shape index (κ2) is 12.2. The summed E-state index contributed by atoms with van der Waals surface area (Å²) >= 11 is 0. The highest BCUT2D eigenvalue weighted by Crippen LogP contribution is 2.56. The predicted octanol–water partition coefficient (Wildman–Crippen LogP) is 12.0. The molecule has 4 nitrogen and oxygen atoms in total. The van der Waals surface area contributed by atoms with Crippen LogP contribution in [0.2, 0.25) is 0 Å². The second-order valence-electron chi connectivity index (χ2n) is 15.3. The Morgan fingerprint density at radius 3 is 1.63 bits per heavy atom. The van der Waals surface area contributed by atoms with E-state index >= 15 is 0 Å². The van der Waals surface area contributed by atoms with E-state index < -0.39 is 5.41 Å². The maximum absolute atomic E-state index is 5.28. The first-order chi connectivity index (χ1) is 26.4. The third-order valence-electron chi connectivity index (χ3n) is 11.1. The number of aromatic nitrogens is 4. The van der Waals surface area contributed by atoms with Gasteiger partial charge in [-0.15, -0.1) is 0 Å². The molecule has 10 rings (SSSR count). The van der Waals surface area contributed by atoms with Crippen LogP contribution in [-0.4, -0.2) is 19.5 Å². The lowest BCUT2D eigenvalue weighted by molar-refractivity contribution is 0.590. The van der Waals surface area contributed by atoms with Crippen molar-refractivity contribution in [1.82, 2.24) is 19.5 Å². The molecule has 1 aliphatic rings. The van der Waals surface area contributed by atoms with Crippen LogP contribution >= 0.6 is 0 Å². The molecule has 2 aromatic heterocycles. The van der Waals surface area contributed by atoms with Gasteiger partial charge in [0.1, 0.15) is 0 Å². The minimum Gasteiger partial charge on any atom is -0.278 e. The summed E-state index contributed by atoms with van der Waals surface area (Å²) in [6.45, 7) is 6.70. The first-order valence-corrected chi connectivity index (χ1v) is 18.6. The van der Waals surface area contributed by atoms with Crippen molar-refractivity contribution in [2.75, 3.05) is 0 Å². The molecule has 0 amide bonds. The zero-order valence-corrected chi connectivity index (χ0v) is 30.5. The number of fused-ring (bicyclic) bond motifs is 6. The fourth-order valence-electron chi connectivity index (χ4n) is 8.56. The third kappa shape index (κ3) is 4.87. The van der Waals surface area contributed by atoms with Gasteiger partial charge in [0.2, 0.25) is 5.95 Å². The molecule has 0 fully saturated rings. The molecular formula is C50H38N4. The average molecular weight is 695 g/mol. The molecule has 4 heteroatoms. The van der Waals surface area contributed by atoms with E-state index in [4.69, 9.17) is 15.0 Å². The highest BCUT2D eigenvalue weighted by Gasteiger charge is 2.46.